The van der Waals surface area contributed by atoms with Gasteiger partial charge in [0.1, 0.15) is 19.8 Å². The molecule has 3 heterocycles. The van der Waals surface area contributed by atoms with Crippen molar-refractivity contribution >= 4 is 5.82 Å². The van der Waals surface area contributed by atoms with Crippen molar-refractivity contribution in [3.63, 3.8) is 0 Å². The van der Waals surface area contributed by atoms with E-state index in [1.807, 2.05) is 26.2 Å². The Kier molecular flexibility index (Phi) is 7.86. The highest BCUT2D eigenvalue weighted by Gasteiger charge is 2.24. The van der Waals surface area contributed by atoms with Crippen LogP contribution in [0.3, 0.4) is 0 Å². The number of rotatable bonds is 10. The lowest BCUT2D eigenvalue weighted by atomic mass is 10.1. The Morgan fingerprint density at radius 3 is 2.58 bits per heavy atom. The van der Waals surface area contributed by atoms with Crippen molar-refractivity contribution in [2.24, 2.45) is 0 Å². The Morgan fingerprint density at radius 2 is 1.81 bits per heavy atom. The Labute approximate surface area is 184 Å². The van der Waals surface area contributed by atoms with Crippen molar-refractivity contribution in [3.05, 3.63) is 30.7 Å². The molecular weight excluding hydrogens is 396 g/mol. The topological polar surface area (TPSA) is 84.9 Å². The Morgan fingerprint density at radius 1 is 1.06 bits per heavy atom. The minimum Gasteiger partial charge on any atom is -0.484 e. The molecule has 0 amide bonds. The number of pyridine rings is 1. The highest BCUT2D eigenvalue weighted by Crippen LogP contribution is 2.27. The van der Waals surface area contributed by atoms with Crippen LogP contribution in [0.1, 0.15) is 20.8 Å². The monoisotopic (exact) mass is 430 g/mol. The third-order valence-corrected chi connectivity index (χ3v) is 5.51. The van der Waals surface area contributed by atoms with Crippen molar-refractivity contribution in [1.82, 2.24) is 25.2 Å². The van der Waals surface area contributed by atoms with E-state index in [1.165, 1.54) is 0 Å². The second-order valence-electron chi connectivity index (χ2n) is 8.43. The highest BCUT2D eigenvalue weighted by atomic mass is 16.5. The third kappa shape index (κ3) is 6.18. The minimum atomic E-state index is -0.124. The predicted octanol–water partition coefficient (Wildman–Crippen LogP) is 1.85. The second kappa shape index (κ2) is 10.6. The first kappa shape index (κ1) is 23.0. The fourth-order valence-corrected chi connectivity index (χ4v) is 3.03. The van der Waals surface area contributed by atoms with E-state index in [-0.39, 0.29) is 5.54 Å². The third-order valence-electron chi connectivity index (χ3n) is 5.51. The van der Waals surface area contributed by atoms with Crippen molar-refractivity contribution in [1.29, 1.82) is 0 Å². The van der Waals surface area contributed by atoms with Crippen LogP contribution in [-0.4, -0.2) is 85.0 Å². The molecule has 1 atom stereocenters. The molecule has 1 aliphatic heterocycles. The molecule has 3 rings (SSSR count). The first-order valence-electron chi connectivity index (χ1n) is 10.7. The summed E-state index contributed by atoms with van der Waals surface area (Å²) in [6, 6.07) is 4.00. The van der Waals surface area contributed by atoms with Crippen LogP contribution in [-0.2, 0) is 0 Å². The van der Waals surface area contributed by atoms with Crippen LogP contribution >= 0.6 is 0 Å². The van der Waals surface area contributed by atoms with Gasteiger partial charge in [0.05, 0.1) is 0 Å². The summed E-state index contributed by atoms with van der Waals surface area (Å²) in [6.07, 6.45) is 5.04. The summed E-state index contributed by atoms with van der Waals surface area (Å²) < 4.78 is 17.7. The maximum atomic E-state index is 5.94. The fourth-order valence-electron chi connectivity index (χ4n) is 3.03. The number of hydrogen-bond donors (Lipinski definition) is 1. The van der Waals surface area contributed by atoms with Gasteiger partial charge >= 0.3 is 0 Å². The van der Waals surface area contributed by atoms with Gasteiger partial charge in [0.2, 0.25) is 0 Å². The van der Waals surface area contributed by atoms with Crippen LogP contribution in [0.25, 0.3) is 0 Å². The number of anilines is 1. The summed E-state index contributed by atoms with van der Waals surface area (Å²) >= 11 is 0. The molecule has 2 aromatic heterocycles. The van der Waals surface area contributed by atoms with Gasteiger partial charge in [-0.05, 0) is 47.0 Å². The van der Waals surface area contributed by atoms with E-state index < -0.39 is 0 Å². The molecule has 0 aromatic carbocycles. The lowest BCUT2D eigenvalue weighted by molar-refractivity contribution is 0.107. The number of nitrogens with one attached hydrogen (secondary N) is 1. The van der Waals surface area contributed by atoms with E-state index in [0.29, 0.717) is 43.4 Å². The van der Waals surface area contributed by atoms with Gasteiger partial charge < -0.3 is 29.3 Å². The van der Waals surface area contributed by atoms with Crippen LogP contribution in [0.15, 0.2) is 30.7 Å². The fraction of sp³-hybridized carbons (Fsp3) is 0.591. The summed E-state index contributed by atoms with van der Waals surface area (Å²) in [5.41, 5.74) is -0.124. The van der Waals surface area contributed by atoms with Crippen LogP contribution in [0.4, 0.5) is 5.82 Å². The summed E-state index contributed by atoms with van der Waals surface area (Å²) in [5.74, 6) is 2.37. The molecule has 0 radical (unpaired) electrons. The van der Waals surface area contributed by atoms with E-state index in [1.54, 1.807) is 18.6 Å². The number of aromatic nitrogens is 3. The van der Waals surface area contributed by atoms with Gasteiger partial charge in [0.15, 0.2) is 11.6 Å². The Balaban J connectivity index is 1.55. The molecule has 0 bridgehead atoms. The molecular formula is C22H34N6O3. The molecule has 0 aliphatic carbocycles. The molecule has 1 fully saturated rings. The van der Waals surface area contributed by atoms with Crippen molar-refractivity contribution in [2.75, 3.05) is 58.5 Å². The number of hydrogen-bond acceptors (Lipinski definition) is 9. The average molecular weight is 431 g/mol. The molecule has 0 saturated carbocycles. The molecule has 1 aliphatic rings. The number of ether oxygens (including phenoxy) is 3. The van der Waals surface area contributed by atoms with Gasteiger partial charge in [0, 0.05) is 49.8 Å². The lowest BCUT2D eigenvalue weighted by Crippen LogP contribution is -2.50. The number of piperazine rings is 1. The van der Waals surface area contributed by atoms with Gasteiger partial charge in [-0.25, -0.2) is 15.0 Å². The predicted molar refractivity (Wildman–Crippen MR) is 120 cm³/mol. The summed E-state index contributed by atoms with van der Waals surface area (Å²) in [5, 5.41) is 3.38. The molecule has 9 heteroatoms. The summed E-state index contributed by atoms with van der Waals surface area (Å²) in [7, 11) is 4.05. The van der Waals surface area contributed by atoms with Gasteiger partial charge in [-0.1, -0.05) is 0 Å². The molecule has 1 N–H and O–H groups in total. The number of nitrogens with zero attached hydrogens (tertiary/aromatic N) is 5. The van der Waals surface area contributed by atoms with Crippen molar-refractivity contribution < 1.29 is 14.2 Å². The van der Waals surface area contributed by atoms with E-state index in [2.05, 4.69) is 50.8 Å². The molecule has 9 nitrogen and oxygen atoms in total. The Hall–Kier alpha value is -2.65. The molecule has 170 valence electrons. The number of likely N-dealkylation sites (N-methyl/N-ethyl adjacent to an activating group) is 1. The summed E-state index contributed by atoms with van der Waals surface area (Å²) in [6.45, 7) is 10.3. The first-order valence-corrected chi connectivity index (χ1v) is 10.7. The van der Waals surface area contributed by atoms with Gasteiger partial charge in [-0.2, -0.15) is 0 Å². The van der Waals surface area contributed by atoms with Crippen LogP contribution in [0, 0.1) is 0 Å². The maximum absolute atomic E-state index is 5.94. The summed E-state index contributed by atoms with van der Waals surface area (Å²) in [4.78, 5) is 17.5. The quantitative estimate of drug-likeness (QED) is 0.568. The molecule has 0 spiro atoms. The molecule has 1 unspecified atom stereocenters. The van der Waals surface area contributed by atoms with E-state index in [4.69, 9.17) is 14.2 Å². The van der Waals surface area contributed by atoms with E-state index in [9.17, 15) is 0 Å². The smallest absolute Gasteiger partial charge is 0.257 e. The van der Waals surface area contributed by atoms with Gasteiger partial charge in [0.25, 0.3) is 11.8 Å². The zero-order valence-electron chi connectivity index (χ0n) is 19.2. The molecule has 1 saturated heterocycles. The second-order valence-corrected chi connectivity index (χ2v) is 8.43. The molecule has 31 heavy (non-hydrogen) atoms. The Bertz CT molecular complexity index is 832. The largest absolute Gasteiger partial charge is 0.484 e. The van der Waals surface area contributed by atoms with Crippen molar-refractivity contribution in [3.8, 4) is 17.5 Å². The highest BCUT2D eigenvalue weighted by molar-refractivity contribution is 5.49. The average Bonchev–Trinajstić information content (AvgIpc) is 2.76. The maximum Gasteiger partial charge on any atom is 0.257 e. The normalized spacial score (nSPS) is 17.0. The SMILES string of the molecule is CC1CNCCN1c1nccnc1OCCOc1cccnc1OCC(C)(C)N(C)C. The zero-order chi connectivity index (χ0) is 22.3. The zero-order valence-corrected chi connectivity index (χ0v) is 19.2. The van der Waals surface area contributed by atoms with Crippen molar-refractivity contribution in [2.45, 2.75) is 32.4 Å². The lowest BCUT2D eigenvalue weighted by Gasteiger charge is -2.35. The van der Waals surface area contributed by atoms with Crippen LogP contribution in [0.5, 0.6) is 17.5 Å². The standard InChI is InChI=1S/C22H34N6O3/c1-17-15-23-11-12-28(17)19-21(26-10-9-24-19)30-14-13-29-18-7-6-8-25-20(18)31-16-22(2,3)27(4)5/h6-10,17,23H,11-16H2,1-5H3. The van der Waals surface area contributed by atoms with E-state index >= 15 is 0 Å². The first-order chi connectivity index (χ1) is 14.9. The van der Waals surface area contributed by atoms with Gasteiger partial charge in [-0.15, -0.1) is 0 Å². The van der Waals surface area contributed by atoms with E-state index in [0.717, 1.165) is 25.5 Å². The minimum absolute atomic E-state index is 0.124. The van der Waals surface area contributed by atoms with Gasteiger partial charge in [-0.3, -0.25) is 0 Å². The van der Waals surface area contributed by atoms with Crippen LogP contribution < -0.4 is 24.4 Å². The van der Waals surface area contributed by atoms with Crippen LogP contribution in [0.2, 0.25) is 0 Å². The molecule has 2 aromatic rings.